The van der Waals surface area contributed by atoms with Crippen molar-refractivity contribution in [3.05, 3.63) is 42.4 Å². The quantitative estimate of drug-likeness (QED) is 0.782. The molecule has 1 N–H and O–H groups in total. The highest BCUT2D eigenvalue weighted by molar-refractivity contribution is 5.94. The van der Waals surface area contributed by atoms with Crippen LogP contribution in [-0.2, 0) is 6.54 Å². The summed E-state index contributed by atoms with van der Waals surface area (Å²) in [4.78, 5) is 15.7. The monoisotopic (exact) mass is 337 g/mol. The molecule has 0 spiro atoms. The summed E-state index contributed by atoms with van der Waals surface area (Å²) in [5, 5.41) is 9.38. The third-order valence-corrected chi connectivity index (χ3v) is 4.75. The zero-order valence-corrected chi connectivity index (χ0v) is 14.7. The standard InChI is InChI=1S/C18H23N7/c1-23(2)17-16-6-4-3-5-15(16)14(11-19-17)12-24-7-9-25(10-8-24)18-20-13-21-22-18/h3-6,11,13H,7-10,12H2,1-2H3,(H,20,21,22). The Morgan fingerprint density at radius 3 is 2.48 bits per heavy atom. The van der Waals surface area contributed by atoms with Gasteiger partial charge < -0.3 is 9.80 Å². The van der Waals surface area contributed by atoms with Gasteiger partial charge in [-0.25, -0.2) is 10.1 Å². The highest BCUT2D eigenvalue weighted by atomic mass is 15.4. The summed E-state index contributed by atoms with van der Waals surface area (Å²) < 4.78 is 0. The van der Waals surface area contributed by atoms with Crippen LogP contribution >= 0.6 is 0 Å². The molecule has 0 unspecified atom stereocenters. The molecule has 0 saturated carbocycles. The number of anilines is 2. The summed E-state index contributed by atoms with van der Waals surface area (Å²) in [5.41, 5.74) is 1.29. The van der Waals surface area contributed by atoms with Crippen LogP contribution in [0.3, 0.4) is 0 Å². The number of pyridine rings is 1. The number of benzene rings is 1. The predicted octanol–water partition coefficient (Wildman–Crippen LogP) is 1.74. The van der Waals surface area contributed by atoms with E-state index >= 15 is 0 Å². The topological polar surface area (TPSA) is 64.2 Å². The van der Waals surface area contributed by atoms with Gasteiger partial charge in [-0.05, 0) is 10.9 Å². The maximum Gasteiger partial charge on any atom is 0.221 e. The number of hydrogen-bond acceptors (Lipinski definition) is 6. The number of rotatable bonds is 4. The number of aromatic amines is 1. The number of piperazine rings is 1. The molecule has 1 aliphatic rings. The zero-order chi connectivity index (χ0) is 17.2. The Labute approximate surface area is 147 Å². The Hall–Kier alpha value is -2.67. The molecule has 0 aliphatic carbocycles. The van der Waals surface area contributed by atoms with E-state index in [-0.39, 0.29) is 0 Å². The van der Waals surface area contributed by atoms with Gasteiger partial charge in [-0.3, -0.25) is 4.90 Å². The summed E-state index contributed by atoms with van der Waals surface area (Å²) in [5.74, 6) is 1.89. The zero-order valence-electron chi connectivity index (χ0n) is 14.7. The first-order valence-electron chi connectivity index (χ1n) is 8.59. The first kappa shape index (κ1) is 15.8. The molecule has 1 fully saturated rings. The fourth-order valence-corrected chi connectivity index (χ4v) is 3.43. The van der Waals surface area contributed by atoms with Crippen molar-refractivity contribution < 1.29 is 0 Å². The minimum atomic E-state index is 0.863. The summed E-state index contributed by atoms with van der Waals surface area (Å²) in [6.45, 7) is 4.84. The van der Waals surface area contributed by atoms with Crippen LogP contribution in [0.25, 0.3) is 10.8 Å². The van der Waals surface area contributed by atoms with Gasteiger partial charge in [0.1, 0.15) is 12.1 Å². The van der Waals surface area contributed by atoms with E-state index < -0.39 is 0 Å². The van der Waals surface area contributed by atoms with E-state index in [1.807, 2.05) is 20.3 Å². The van der Waals surface area contributed by atoms with Crippen molar-refractivity contribution in [2.24, 2.45) is 0 Å². The second-order valence-corrected chi connectivity index (χ2v) is 6.62. The smallest absolute Gasteiger partial charge is 0.221 e. The Balaban J connectivity index is 1.51. The lowest BCUT2D eigenvalue weighted by Gasteiger charge is -2.34. The van der Waals surface area contributed by atoms with Crippen molar-refractivity contribution in [2.75, 3.05) is 50.1 Å². The van der Waals surface area contributed by atoms with Gasteiger partial charge in [0.05, 0.1) is 0 Å². The van der Waals surface area contributed by atoms with Crippen LogP contribution in [-0.4, -0.2) is 65.3 Å². The fourth-order valence-electron chi connectivity index (χ4n) is 3.43. The Kier molecular flexibility index (Phi) is 4.23. The van der Waals surface area contributed by atoms with Crippen LogP contribution < -0.4 is 9.80 Å². The average Bonchev–Trinajstić information content (AvgIpc) is 3.17. The molecule has 25 heavy (non-hydrogen) atoms. The van der Waals surface area contributed by atoms with E-state index in [1.165, 1.54) is 16.3 Å². The van der Waals surface area contributed by atoms with Crippen molar-refractivity contribution in [1.29, 1.82) is 0 Å². The van der Waals surface area contributed by atoms with E-state index in [9.17, 15) is 0 Å². The molecule has 4 rings (SSSR count). The van der Waals surface area contributed by atoms with Crippen molar-refractivity contribution in [2.45, 2.75) is 6.54 Å². The van der Waals surface area contributed by atoms with Gasteiger partial charge in [-0.1, -0.05) is 24.3 Å². The highest BCUT2D eigenvalue weighted by Crippen LogP contribution is 2.27. The summed E-state index contributed by atoms with van der Waals surface area (Å²) in [7, 11) is 4.08. The fraction of sp³-hybridized carbons (Fsp3) is 0.389. The van der Waals surface area contributed by atoms with Crippen LogP contribution in [0, 0.1) is 0 Å². The second-order valence-electron chi connectivity index (χ2n) is 6.62. The summed E-state index contributed by atoms with van der Waals surface area (Å²) in [6, 6.07) is 8.54. The summed E-state index contributed by atoms with van der Waals surface area (Å²) in [6.07, 6.45) is 3.59. The predicted molar refractivity (Wildman–Crippen MR) is 99.9 cm³/mol. The lowest BCUT2D eigenvalue weighted by Crippen LogP contribution is -2.46. The molecule has 7 nitrogen and oxygen atoms in total. The molecule has 0 bridgehead atoms. The van der Waals surface area contributed by atoms with Crippen molar-refractivity contribution in [3.8, 4) is 0 Å². The van der Waals surface area contributed by atoms with Crippen LogP contribution in [0.1, 0.15) is 5.56 Å². The number of nitrogens with one attached hydrogen (secondary N) is 1. The molecular weight excluding hydrogens is 314 g/mol. The highest BCUT2D eigenvalue weighted by Gasteiger charge is 2.20. The van der Waals surface area contributed by atoms with Crippen molar-refractivity contribution in [1.82, 2.24) is 25.1 Å². The molecule has 3 aromatic rings. The number of fused-ring (bicyclic) bond motifs is 1. The third kappa shape index (κ3) is 3.15. The first-order valence-corrected chi connectivity index (χ1v) is 8.59. The van der Waals surface area contributed by atoms with Gasteiger partial charge in [0.15, 0.2) is 0 Å². The van der Waals surface area contributed by atoms with Gasteiger partial charge in [-0.2, -0.15) is 10.1 Å². The maximum atomic E-state index is 4.69. The van der Waals surface area contributed by atoms with Crippen molar-refractivity contribution in [3.63, 3.8) is 0 Å². The molecule has 0 radical (unpaired) electrons. The minimum absolute atomic E-state index is 0.863. The van der Waals surface area contributed by atoms with E-state index in [1.54, 1.807) is 6.33 Å². The normalized spacial score (nSPS) is 15.7. The Morgan fingerprint density at radius 2 is 1.80 bits per heavy atom. The van der Waals surface area contributed by atoms with Gasteiger partial charge >= 0.3 is 0 Å². The molecule has 1 aliphatic heterocycles. The number of aromatic nitrogens is 4. The van der Waals surface area contributed by atoms with E-state index in [4.69, 9.17) is 4.98 Å². The molecule has 0 amide bonds. The molecule has 1 aromatic carbocycles. The first-order chi connectivity index (χ1) is 12.2. The van der Waals surface area contributed by atoms with Crippen LogP contribution in [0.15, 0.2) is 36.8 Å². The van der Waals surface area contributed by atoms with Gasteiger partial charge in [0, 0.05) is 58.4 Å². The molecule has 1 saturated heterocycles. The van der Waals surface area contributed by atoms with Gasteiger partial charge in [-0.15, -0.1) is 0 Å². The van der Waals surface area contributed by atoms with E-state index in [0.29, 0.717) is 0 Å². The molecule has 7 heteroatoms. The van der Waals surface area contributed by atoms with E-state index in [2.05, 4.69) is 54.1 Å². The number of nitrogens with zero attached hydrogens (tertiary/aromatic N) is 6. The van der Waals surface area contributed by atoms with Crippen LogP contribution in [0.5, 0.6) is 0 Å². The minimum Gasteiger partial charge on any atom is -0.362 e. The van der Waals surface area contributed by atoms with Gasteiger partial charge in [0.2, 0.25) is 5.95 Å². The van der Waals surface area contributed by atoms with E-state index in [0.717, 1.165) is 44.5 Å². The largest absolute Gasteiger partial charge is 0.362 e. The van der Waals surface area contributed by atoms with Crippen LogP contribution in [0.4, 0.5) is 11.8 Å². The van der Waals surface area contributed by atoms with Gasteiger partial charge in [0.25, 0.3) is 0 Å². The second kappa shape index (κ2) is 6.68. The maximum absolute atomic E-state index is 4.69. The molecule has 2 aromatic heterocycles. The molecular formula is C18H23N7. The Bertz CT molecular complexity index is 836. The summed E-state index contributed by atoms with van der Waals surface area (Å²) >= 11 is 0. The molecule has 3 heterocycles. The SMILES string of the molecule is CN(C)c1ncc(CN2CCN(c3ncn[nH]3)CC2)c2ccccc12. The molecule has 130 valence electrons. The molecule has 0 atom stereocenters. The number of H-pyrrole nitrogens is 1. The number of hydrogen-bond donors (Lipinski definition) is 1. The lowest BCUT2D eigenvalue weighted by molar-refractivity contribution is 0.249. The third-order valence-electron chi connectivity index (χ3n) is 4.75. The van der Waals surface area contributed by atoms with Crippen molar-refractivity contribution >= 4 is 22.5 Å². The van der Waals surface area contributed by atoms with Crippen LogP contribution in [0.2, 0.25) is 0 Å². The lowest BCUT2D eigenvalue weighted by atomic mass is 10.1. The Morgan fingerprint density at radius 1 is 1.04 bits per heavy atom. The average molecular weight is 337 g/mol.